The molecule has 0 saturated heterocycles. The van der Waals surface area contributed by atoms with Gasteiger partial charge in [-0.25, -0.2) is 8.78 Å². The highest BCUT2D eigenvalue weighted by atomic mass is 35.5. The van der Waals surface area contributed by atoms with Gasteiger partial charge >= 0.3 is 0 Å². The lowest BCUT2D eigenvalue weighted by molar-refractivity contribution is 0.0928. The Balaban J connectivity index is 2.13. The van der Waals surface area contributed by atoms with Crippen molar-refractivity contribution in [3.63, 3.8) is 0 Å². The SMILES string of the molecule is Cc1c2n(c3c(-c4ccc(F)cc4F)cc(Cl)cc13)CCNC2=O. The summed E-state index contributed by atoms with van der Waals surface area (Å²) in [5, 5.41) is 4.05. The molecule has 3 nitrogen and oxygen atoms in total. The van der Waals surface area contributed by atoms with Crippen molar-refractivity contribution in [1.29, 1.82) is 0 Å². The second-order valence-corrected chi connectivity index (χ2v) is 6.29. The van der Waals surface area contributed by atoms with Gasteiger partial charge in [0.15, 0.2) is 0 Å². The van der Waals surface area contributed by atoms with Crippen LogP contribution in [-0.2, 0) is 6.54 Å². The van der Waals surface area contributed by atoms with Crippen LogP contribution in [0.4, 0.5) is 8.78 Å². The van der Waals surface area contributed by atoms with E-state index in [4.69, 9.17) is 11.6 Å². The Kier molecular flexibility index (Phi) is 3.35. The summed E-state index contributed by atoms with van der Waals surface area (Å²) in [6, 6.07) is 6.88. The first-order valence-corrected chi connectivity index (χ1v) is 7.91. The third-order valence-electron chi connectivity index (χ3n) is 4.43. The van der Waals surface area contributed by atoms with Crippen LogP contribution in [0.2, 0.25) is 5.02 Å². The van der Waals surface area contributed by atoms with Gasteiger partial charge in [-0.2, -0.15) is 0 Å². The lowest BCUT2D eigenvalue weighted by atomic mass is 10.0. The number of nitrogens with one attached hydrogen (secondary N) is 1. The number of aryl methyl sites for hydroxylation is 1. The zero-order valence-electron chi connectivity index (χ0n) is 12.8. The van der Waals surface area contributed by atoms with Gasteiger partial charge in [-0.05, 0) is 36.8 Å². The Morgan fingerprint density at radius 2 is 1.96 bits per heavy atom. The molecule has 1 N–H and O–H groups in total. The summed E-state index contributed by atoms with van der Waals surface area (Å²) in [6.45, 7) is 2.94. The fourth-order valence-corrected chi connectivity index (χ4v) is 3.63. The molecule has 24 heavy (non-hydrogen) atoms. The van der Waals surface area contributed by atoms with Crippen LogP contribution in [0.3, 0.4) is 0 Å². The first-order valence-electron chi connectivity index (χ1n) is 7.53. The van der Waals surface area contributed by atoms with E-state index in [1.807, 2.05) is 11.5 Å². The second kappa shape index (κ2) is 5.31. The number of rotatable bonds is 1. The zero-order chi connectivity index (χ0) is 17.0. The maximum absolute atomic E-state index is 14.3. The first kappa shape index (κ1) is 15.1. The van der Waals surface area contributed by atoms with E-state index >= 15 is 0 Å². The summed E-state index contributed by atoms with van der Waals surface area (Å²) >= 11 is 6.22. The van der Waals surface area contributed by atoms with Crippen molar-refractivity contribution in [1.82, 2.24) is 9.88 Å². The Hall–Kier alpha value is -2.40. The van der Waals surface area contributed by atoms with Gasteiger partial charge in [0, 0.05) is 40.7 Å². The number of fused-ring (bicyclic) bond motifs is 3. The van der Waals surface area contributed by atoms with E-state index in [-0.39, 0.29) is 11.5 Å². The molecule has 1 aromatic heterocycles. The van der Waals surface area contributed by atoms with E-state index in [0.717, 1.165) is 22.5 Å². The number of halogens is 3. The van der Waals surface area contributed by atoms with E-state index in [1.54, 1.807) is 12.1 Å². The van der Waals surface area contributed by atoms with Gasteiger partial charge in [-0.15, -0.1) is 0 Å². The second-order valence-electron chi connectivity index (χ2n) is 5.85. The van der Waals surface area contributed by atoms with Crippen molar-refractivity contribution in [2.75, 3.05) is 6.54 Å². The molecule has 122 valence electrons. The molecule has 0 atom stereocenters. The van der Waals surface area contributed by atoms with Gasteiger partial charge in [-0.1, -0.05) is 11.6 Å². The van der Waals surface area contributed by atoms with Gasteiger partial charge < -0.3 is 9.88 Å². The number of carbonyl (C=O) groups is 1. The summed E-state index contributed by atoms with van der Waals surface area (Å²) in [4.78, 5) is 12.2. The van der Waals surface area contributed by atoms with Crippen LogP contribution in [-0.4, -0.2) is 17.0 Å². The highest BCUT2D eigenvalue weighted by molar-refractivity contribution is 6.32. The predicted molar refractivity (Wildman–Crippen MR) is 89.4 cm³/mol. The van der Waals surface area contributed by atoms with Gasteiger partial charge in [0.1, 0.15) is 17.3 Å². The molecule has 1 aliphatic rings. The molecular formula is C18H13ClF2N2O. The van der Waals surface area contributed by atoms with Crippen molar-refractivity contribution in [2.45, 2.75) is 13.5 Å². The van der Waals surface area contributed by atoms with Crippen LogP contribution in [0.5, 0.6) is 0 Å². The van der Waals surface area contributed by atoms with Gasteiger partial charge in [-0.3, -0.25) is 4.79 Å². The molecule has 1 amide bonds. The Labute approximate surface area is 141 Å². The fraction of sp³-hybridized carbons (Fsp3) is 0.167. The van der Waals surface area contributed by atoms with Crippen molar-refractivity contribution in [2.24, 2.45) is 0 Å². The average molecular weight is 347 g/mol. The molecule has 6 heteroatoms. The highest BCUT2D eigenvalue weighted by Gasteiger charge is 2.26. The zero-order valence-corrected chi connectivity index (χ0v) is 13.5. The first-order chi connectivity index (χ1) is 11.5. The molecule has 3 aromatic rings. The monoisotopic (exact) mass is 346 g/mol. The number of benzene rings is 2. The molecule has 0 bridgehead atoms. The van der Waals surface area contributed by atoms with E-state index in [0.29, 0.717) is 29.4 Å². The molecule has 1 aliphatic heterocycles. The predicted octanol–water partition coefficient (Wildman–Crippen LogP) is 4.29. The van der Waals surface area contributed by atoms with Crippen LogP contribution >= 0.6 is 11.6 Å². The lowest BCUT2D eigenvalue weighted by Gasteiger charge is -2.18. The molecule has 0 radical (unpaired) electrons. The van der Waals surface area contributed by atoms with Gasteiger partial charge in [0.05, 0.1) is 5.52 Å². The highest BCUT2D eigenvalue weighted by Crippen LogP contribution is 2.38. The summed E-state index contributed by atoms with van der Waals surface area (Å²) < 4.78 is 29.5. The van der Waals surface area contributed by atoms with Crippen molar-refractivity contribution >= 4 is 28.4 Å². The van der Waals surface area contributed by atoms with E-state index in [2.05, 4.69) is 5.32 Å². The Bertz CT molecular complexity index is 1010. The average Bonchev–Trinajstić information content (AvgIpc) is 2.81. The topological polar surface area (TPSA) is 34.0 Å². The summed E-state index contributed by atoms with van der Waals surface area (Å²) in [5.74, 6) is -1.45. The van der Waals surface area contributed by atoms with Crippen molar-refractivity contribution in [3.8, 4) is 11.1 Å². The third kappa shape index (κ3) is 2.12. The number of hydrogen-bond acceptors (Lipinski definition) is 1. The molecule has 0 aliphatic carbocycles. The quantitative estimate of drug-likeness (QED) is 0.700. The minimum absolute atomic E-state index is 0.156. The standard InChI is InChI=1S/C18H13ClF2N2O/c1-9-13-6-10(19)7-14(12-3-2-11(20)8-15(12)21)17(13)23-5-4-22-18(24)16(9)23/h2-3,6-8H,4-5H2,1H3,(H,22,24). The van der Waals surface area contributed by atoms with Crippen molar-refractivity contribution < 1.29 is 13.6 Å². The van der Waals surface area contributed by atoms with Gasteiger partial charge in [0.2, 0.25) is 0 Å². The molecule has 4 rings (SSSR count). The molecule has 2 heterocycles. The van der Waals surface area contributed by atoms with E-state index in [1.165, 1.54) is 12.1 Å². The van der Waals surface area contributed by atoms with E-state index < -0.39 is 11.6 Å². The summed E-state index contributed by atoms with van der Waals surface area (Å²) in [6.07, 6.45) is 0. The molecule has 0 unspecified atom stereocenters. The normalized spacial score (nSPS) is 13.9. The maximum atomic E-state index is 14.3. The Morgan fingerprint density at radius 3 is 2.71 bits per heavy atom. The van der Waals surface area contributed by atoms with Gasteiger partial charge in [0.25, 0.3) is 5.91 Å². The number of hydrogen-bond donors (Lipinski definition) is 1. The maximum Gasteiger partial charge on any atom is 0.268 e. The lowest BCUT2D eigenvalue weighted by Crippen LogP contribution is -2.35. The third-order valence-corrected chi connectivity index (χ3v) is 4.65. The van der Waals surface area contributed by atoms with Crippen LogP contribution in [0.1, 0.15) is 16.1 Å². The largest absolute Gasteiger partial charge is 0.349 e. The molecule has 0 spiro atoms. The summed E-state index contributed by atoms with van der Waals surface area (Å²) in [5.41, 5.74) is 2.91. The van der Waals surface area contributed by atoms with Crippen molar-refractivity contribution in [3.05, 3.63) is 58.2 Å². The fourth-order valence-electron chi connectivity index (χ4n) is 3.41. The minimum atomic E-state index is -0.660. The van der Waals surface area contributed by atoms with Crippen LogP contribution < -0.4 is 5.32 Å². The molecule has 0 saturated carbocycles. The minimum Gasteiger partial charge on any atom is -0.349 e. The summed E-state index contributed by atoms with van der Waals surface area (Å²) in [7, 11) is 0. The Morgan fingerprint density at radius 1 is 1.17 bits per heavy atom. The van der Waals surface area contributed by atoms with Crippen LogP contribution in [0.15, 0.2) is 30.3 Å². The van der Waals surface area contributed by atoms with E-state index in [9.17, 15) is 13.6 Å². The van der Waals surface area contributed by atoms with Crippen LogP contribution in [0, 0.1) is 18.6 Å². The molecule has 2 aromatic carbocycles. The molecular weight excluding hydrogens is 334 g/mol. The smallest absolute Gasteiger partial charge is 0.268 e. The number of amides is 1. The number of aromatic nitrogens is 1. The number of carbonyl (C=O) groups excluding carboxylic acids is 1. The number of nitrogens with zero attached hydrogens (tertiary/aromatic N) is 1. The van der Waals surface area contributed by atoms with Crippen LogP contribution in [0.25, 0.3) is 22.0 Å². The molecule has 0 fully saturated rings.